The summed E-state index contributed by atoms with van der Waals surface area (Å²) in [5.74, 6) is 0.261. The number of amides is 1. The molecule has 5 heteroatoms. The predicted octanol–water partition coefficient (Wildman–Crippen LogP) is 1.19. The summed E-state index contributed by atoms with van der Waals surface area (Å²) in [6, 6.07) is 0.449. The number of aromatic nitrogens is 2. The van der Waals surface area contributed by atoms with Gasteiger partial charge in [0.2, 0.25) is 5.91 Å². The van der Waals surface area contributed by atoms with Crippen molar-refractivity contribution < 1.29 is 4.79 Å². The van der Waals surface area contributed by atoms with Gasteiger partial charge < -0.3 is 10.6 Å². The van der Waals surface area contributed by atoms with Gasteiger partial charge in [0, 0.05) is 36.8 Å². The number of hydrogen-bond acceptors (Lipinski definition) is 3. The Balaban J connectivity index is 2.05. The second kappa shape index (κ2) is 4.34. The molecule has 2 atom stereocenters. The monoisotopic (exact) mass is 262 g/mol. The van der Waals surface area contributed by atoms with Crippen molar-refractivity contribution in [1.29, 1.82) is 0 Å². The molecule has 0 spiro atoms. The highest BCUT2D eigenvalue weighted by atomic mass is 16.2. The maximum absolute atomic E-state index is 12.3. The second-order valence-corrected chi connectivity index (χ2v) is 5.89. The number of aryl methyl sites for hydroxylation is 2. The number of nitrogens with two attached hydrogens (primary N) is 1. The van der Waals surface area contributed by atoms with E-state index in [0.29, 0.717) is 12.5 Å². The lowest BCUT2D eigenvalue weighted by molar-refractivity contribution is -0.138. The molecule has 0 bridgehead atoms. The molecule has 2 fully saturated rings. The van der Waals surface area contributed by atoms with Crippen LogP contribution in [0.25, 0.3) is 0 Å². The minimum absolute atomic E-state index is 0.0162. The Morgan fingerprint density at radius 1 is 1.26 bits per heavy atom. The van der Waals surface area contributed by atoms with Gasteiger partial charge in [-0.1, -0.05) is 0 Å². The average molecular weight is 262 g/mol. The highest BCUT2D eigenvalue weighted by Crippen LogP contribution is 2.41. The Hall–Kier alpha value is -1.36. The topological polar surface area (TPSA) is 64.2 Å². The van der Waals surface area contributed by atoms with Crippen LogP contribution in [0.3, 0.4) is 0 Å². The van der Waals surface area contributed by atoms with Crippen LogP contribution in [-0.4, -0.2) is 32.7 Å². The largest absolute Gasteiger partial charge is 0.331 e. The van der Waals surface area contributed by atoms with Gasteiger partial charge in [-0.05, 0) is 33.1 Å². The van der Waals surface area contributed by atoms with Crippen molar-refractivity contribution in [2.24, 2.45) is 12.8 Å². The molecule has 1 aliphatic carbocycles. The van der Waals surface area contributed by atoms with Crippen LogP contribution >= 0.6 is 0 Å². The molecule has 2 heterocycles. The standard InChI is InChI=1S/C14H22N4O/c1-8-13(9(2)17(3)16-8)14-11(15)6-7-12(19)18(14)10-4-5-10/h10-11,14H,4-7,15H2,1-3H3. The Labute approximate surface area is 113 Å². The van der Waals surface area contributed by atoms with Gasteiger partial charge in [0.1, 0.15) is 0 Å². The van der Waals surface area contributed by atoms with E-state index in [1.54, 1.807) is 0 Å². The van der Waals surface area contributed by atoms with Crippen LogP contribution in [-0.2, 0) is 11.8 Å². The quantitative estimate of drug-likeness (QED) is 0.870. The molecule has 3 rings (SSSR count). The van der Waals surface area contributed by atoms with E-state index in [4.69, 9.17) is 5.73 Å². The highest BCUT2D eigenvalue weighted by molar-refractivity contribution is 5.78. The molecular weight excluding hydrogens is 240 g/mol. The number of likely N-dealkylation sites (tertiary alicyclic amines) is 1. The third-order valence-electron chi connectivity index (χ3n) is 4.49. The number of carbonyl (C=O) groups is 1. The first-order valence-electron chi connectivity index (χ1n) is 7.07. The number of hydrogen-bond donors (Lipinski definition) is 1. The smallest absolute Gasteiger partial charge is 0.223 e. The van der Waals surface area contributed by atoms with E-state index in [2.05, 4.69) is 12.0 Å². The molecule has 1 saturated heterocycles. The maximum Gasteiger partial charge on any atom is 0.223 e. The Morgan fingerprint density at radius 2 is 1.95 bits per heavy atom. The van der Waals surface area contributed by atoms with Crippen molar-refractivity contribution in [3.8, 4) is 0 Å². The molecule has 104 valence electrons. The first-order chi connectivity index (χ1) is 9.00. The van der Waals surface area contributed by atoms with E-state index in [0.717, 1.165) is 36.2 Å². The van der Waals surface area contributed by atoms with Crippen LogP contribution in [0, 0.1) is 13.8 Å². The summed E-state index contributed by atoms with van der Waals surface area (Å²) in [6.07, 6.45) is 3.60. The zero-order chi connectivity index (χ0) is 13.7. The van der Waals surface area contributed by atoms with Crippen LogP contribution in [0.5, 0.6) is 0 Å². The van der Waals surface area contributed by atoms with Gasteiger partial charge in [0.05, 0.1) is 11.7 Å². The fourth-order valence-electron chi connectivity index (χ4n) is 3.29. The van der Waals surface area contributed by atoms with Crippen molar-refractivity contribution >= 4 is 5.91 Å². The number of piperidine rings is 1. The first-order valence-corrected chi connectivity index (χ1v) is 7.07. The van der Waals surface area contributed by atoms with Crippen LogP contribution in [0.1, 0.15) is 48.7 Å². The minimum atomic E-state index is 0.0162. The number of rotatable bonds is 2. The lowest BCUT2D eigenvalue weighted by Gasteiger charge is -2.40. The summed E-state index contributed by atoms with van der Waals surface area (Å²) >= 11 is 0. The van der Waals surface area contributed by atoms with Gasteiger partial charge in [-0.3, -0.25) is 9.48 Å². The van der Waals surface area contributed by atoms with Crippen molar-refractivity contribution in [2.75, 3.05) is 0 Å². The first kappa shape index (κ1) is 12.7. The summed E-state index contributed by atoms with van der Waals surface area (Å²) < 4.78 is 1.89. The van der Waals surface area contributed by atoms with Gasteiger partial charge in [-0.25, -0.2) is 0 Å². The van der Waals surface area contributed by atoms with Crippen LogP contribution < -0.4 is 5.73 Å². The minimum Gasteiger partial charge on any atom is -0.331 e. The predicted molar refractivity (Wildman–Crippen MR) is 72.5 cm³/mol. The maximum atomic E-state index is 12.3. The van der Waals surface area contributed by atoms with E-state index in [9.17, 15) is 4.79 Å². The van der Waals surface area contributed by atoms with E-state index in [-0.39, 0.29) is 18.0 Å². The molecule has 0 radical (unpaired) electrons. The summed E-state index contributed by atoms with van der Waals surface area (Å²) in [5.41, 5.74) is 9.63. The number of nitrogens with zero attached hydrogens (tertiary/aromatic N) is 3. The normalized spacial score (nSPS) is 28.0. The molecule has 2 N–H and O–H groups in total. The van der Waals surface area contributed by atoms with Crippen LogP contribution in [0.15, 0.2) is 0 Å². The molecule has 1 aliphatic heterocycles. The molecule has 2 aliphatic rings. The van der Waals surface area contributed by atoms with Crippen molar-refractivity contribution in [3.05, 3.63) is 17.0 Å². The van der Waals surface area contributed by atoms with Gasteiger partial charge in [-0.2, -0.15) is 5.10 Å². The van der Waals surface area contributed by atoms with Gasteiger partial charge >= 0.3 is 0 Å². The third-order valence-corrected chi connectivity index (χ3v) is 4.49. The fraction of sp³-hybridized carbons (Fsp3) is 0.714. The van der Waals surface area contributed by atoms with Gasteiger partial charge in [0.15, 0.2) is 0 Å². The molecule has 1 saturated carbocycles. The summed E-state index contributed by atoms with van der Waals surface area (Å²) in [6.45, 7) is 4.07. The molecule has 2 unspecified atom stereocenters. The molecule has 1 amide bonds. The zero-order valence-corrected chi connectivity index (χ0v) is 11.9. The number of carbonyl (C=O) groups excluding carboxylic acids is 1. The lowest BCUT2D eigenvalue weighted by atomic mass is 9.89. The third kappa shape index (κ3) is 1.96. The molecule has 5 nitrogen and oxygen atoms in total. The average Bonchev–Trinajstić information content (AvgIpc) is 3.14. The van der Waals surface area contributed by atoms with E-state index < -0.39 is 0 Å². The van der Waals surface area contributed by atoms with Crippen LogP contribution in [0.2, 0.25) is 0 Å². The van der Waals surface area contributed by atoms with Crippen LogP contribution in [0.4, 0.5) is 0 Å². The summed E-state index contributed by atoms with van der Waals surface area (Å²) in [7, 11) is 1.95. The van der Waals surface area contributed by atoms with E-state index in [1.165, 1.54) is 0 Å². The van der Waals surface area contributed by atoms with E-state index in [1.807, 2.05) is 23.6 Å². The van der Waals surface area contributed by atoms with E-state index >= 15 is 0 Å². The Morgan fingerprint density at radius 3 is 2.47 bits per heavy atom. The molecule has 1 aromatic heterocycles. The fourth-order valence-corrected chi connectivity index (χ4v) is 3.29. The Bertz CT molecular complexity index is 518. The molecule has 1 aromatic rings. The SMILES string of the molecule is Cc1nn(C)c(C)c1C1C(N)CCC(=O)N1C1CC1. The lowest BCUT2D eigenvalue weighted by Crippen LogP contribution is -2.50. The van der Waals surface area contributed by atoms with Gasteiger partial charge in [0.25, 0.3) is 0 Å². The second-order valence-electron chi connectivity index (χ2n) is 5.89. The van der Waals surface area contributed by atoms with Crippen molar-refractivity contribution in [1.82, 2.24) is 14.7 Å². The Kier molecular flexibility index (Phi) is 2.89. The van der Waals surface area contributed by atoms with Gasteiger partial charge in [-0.15, -0.1) is 0 Å². The molecule has 19 heavy (non-hydrogen) atoms. The van der Waals surface area contributed by atoms with Crippen molar-refractivity contribution in [2.45, 2.75) is 57.7 Å². The highest BCUT2D eigenvalue weighted by Gasteiger charge is 2.44. The molecule has 0 aromatic carbocycles. The summed E-state index contributed by atoms with van der Waals surface area (Å²) in [5, 5.41) is 4.48. The summed E-state index contributed by atoms with van der Waals surface area (Å²) in [4.78, 5) is 14.3. The molecular formula is C14H22N4O. The van der Waals surface area contributed by atoms with Crippen molar-refractivity contribution in [3.63, 3.8) is 0 Å². The zero-order valence-electron chi connectivity index (χ0n) is 11.9.